The molecule has 0 saturated heterocycles. The molecule has 3 aromatic rings. The Morgan fingerprint density at radius 1 is 1.17 bits per heavy atom. The van der Waals surface area contributed by atoms with Gasteiger partial charge in [0.2, 0.25) is 5.91 Å². The van der Waals surface area contributed by atoms with Gasteiger partial charge >= 0.3 is 0 Å². The lowest BCUT2D eigenvalue weighted by Gasteiger charge is -2.56. The third-order valence-electron chi connectivity index (χ3n) is 8.05. The number of hydrogen-bond acceptors (Lipinski definition) is 6. The van der Waals surface area contributed by atoms with E-state index in [0.717, 1.165) is 64.5 Å². The maximum Gasteiger partial charge on any atom is 0.230 e. The first-order valence-corrected chi connectivity index (χ1v) is 14.5. The molecule has 0 radical (unpaired) electrons. The van der Waals surface area contributed by atoms with Crippen molar-refractivity contribution < 1.29 is 9.53 Å². The molecule has 0 spiro atoms. The van der Waals surface area contributed by atoms with E-state index >= 15 is 0 Å². The Morgan fingerprint density at radius 2 is 1.86 bits per heavy atom. The molecular weight excluding hydrogens is 486 g/mol. The van der Waals surface area contributed by atoms with Crippen LogP contribution in [0.1, 0.15) is 44.1 Å². The van der Waals surface area contributed by atoms with Crippen LogP contribution >= 0.6 is 23.1 Å². The second-order valence-electron chi connectivity index (χ2n) is 10.6. The largest absolute Gasteiger partial charge is 0.497 e. The number of hydrogen-bond donors (Lipinski definition) is 1. The molecule has 184 valence electrons. The van der Waals surface area contributed by atoms with Crippen molar-refractivity contribution in [1.29, 1.82) is 5.26 Å². The van der Waals surface area contributed by atoms with Gasteiger partial charge in [0.1, 0.15) is 16.8 Å². The standard InChI is InChI=1S/C29H29N3O2S2/c1-34-22-6-4-21(5-7-22)25-12-23(26-3-2-8-35-26)24(16-30)28(31-25)36-17-27(33)32-29-13-18-9-19(14-29)11-20(10-18)15-29/h2-8,12,18-20H,9-11,13-15,17H2,1H3,(H,32,33). The minimum atomic E-state index is -0.00898. The van der Waals surface area contributed by atoms with Crippen LogP contribution in [0, 0.1) is 29.1 Å². The highest BCUT2D eigenvalue weighted by Gasteiger charge is 2.51. The van der Waals surface area contributed by atoms with Gasteiger partial charge in [-0.25, -0.2) is 4.98 Å². The molecule has 4 bridgehead atoms. The predicted molar refractivity (Wildman–Crippen MR) is 144 cm³/mol. The molecule has 7 heteroatoms. The fraction of sp³-hybridized carbons (Fsp3) is 0.414. The minimum absolute atomic E-state index is 0.00898. The van der Waals surface area contributed by atoms with E-state index in [4.69, 9.17) is 9.72 Å². The van der Waals surface area contributed by atoms with Gasteiger partial charge in [0, 0.05) is 21.5 Å². The molecule has 0 unspecified atom stereocenters. The molecule has 1 N–H and O–H groups in total. The van der Waals surface area contributed by atoms with E-state index in [-0.39, 0.29) is 17.2 Å². The average Bonchev–Trinajstić information content (AvgIpc) is 3.41. The lowest BCUT2D eigenvalue weighted by Crippen LogP contribution is -2.60. The summed E-state index contributed by atoms with van der Waals surface area (Å²) in [4.78, 5) is 19.1. The van der Waals surface area contributed by atoms with Gasteiger partial charge in [0.25, 0.3) is 0 Å². The number of nitrogens with one attached hydrogen (secondary N) is 1. The van der Waals surface area contributed by atoms with Crippen molar-refractivity contribution in [2.75, 3.05) is 12.9 Å². The van der Waals surface area contributed by atoms with E-state index in [0.29, 0.717) is 10.6 Å². The first kappa shape index (κ1) is 23.6. The van der Waals surface area contributed by atoms with Crippen LogP contribution in [0.3, 0.4) is 0 Å². The van der Waals surface area contributed by atoms with Gasteiger partial charge in [-0.15, -0.1) is 11.3 Å². The molecule has 2 aromatic heterocycles. The van der Waals surface area contributed by atoms with Crippen LogP contribution in [0.2, 0.25) is 0 Å². The number of thioether (sulfide) groups is 1. The predicted octanol–water partition coefficient (Wildman–Crippen LogP) is 6.53. The van der Waals surface area contributed by atoms with Crippen molar-refractivity contribution in [3.63, 3.8) is 0 Å². The van der Waals surface area contributed by atoms with Crippen LogP contribution < -0.4 is 10.1 Å². The summed E-state index contributed by atoms with van der Waals surface area (Å²) in [5.74, 6) is 3.45. The summed E-state index contributed by atoms with van der Waals surface area (Å²) < 4.78 is 5.30. The van der Waals surface area contributed by atoms with Gasteiger partial charge in [-0.2, -0.15) is 5.26 Å². The highest BCUT2D eigenvalue weighted by molar-refractivity contribution is 8.00. The Bertz CT molecular complexity index is 1280. The highest BCUT2D eigenvalue weighted by Crippen LogP contribution is 2.55. The molecule has 4 aliphatic rings. The molecule has 5 nitrogen and oxygen atoms in total. The van der Waals surface area contributed by atoms with E-state index in [1.54, 1.807) is 18.4 Å². The molecule has 1 aromatic carbocycles. The number of ether oxygens (including phenoxy) is 1. The summed E-state index contributed by atoms with van der Waals surface area (Å²) >= 11 is 2.97. The molecule has 36 heavy (non-hydrogen) atoms. The number of pyridine rings is 1. The molecule has 4 fully saturated rings. The SMILES string of the molecule is COc1ccc(-c2cc(-c3cccs3)c(C#N)c(SCC(=O)NC34CC5CC(CC(C5)C3)C4)n2)cc1. The van der Waals surface area contributed by atoms with Crippen molar-refractivity contribution in [3.8, 4) is 33.5 Å². The van der Waals surface area contributed by atoms with E-state index in [1.165, 1.54) is 31.0 Å². The number of carbonyl (C=O) groups excluding carboxylic acids is 1. The monoisotopic (exact) mass is 515 g/mol. The van der Waals surface area contributed by atoms with E-state index in [2.05, 4.69) is 11.4 Å². The van der Waals surface area contributed by atoms with Gasteiger partial charge in [0.05, 0.1) is 24.1 Å². The van der Waals surface area contributed by atoms with Crippen molar-refractivity contribution in [3.05, 3.63) is 53.4 Å². The average molecular weight is 516 g/mol. The van der Waals surface area contributed by atoms with Gasteiger partial charge in [-0.1, -0.05) is 17.8 Å². The Morgan fingerprint density at radius 3 is 2.44 bits per heavy atom. The Hall–Kier alpha value is -2.82. The normalized spacial score (nSPS) is 25.9. The van der Waals surface area contributed by atoms with Crippen molar-refractivity contribution in [2.45, 2.75) is 49.1 Å². The molecule has 7 rings (SSSR count). The maximum atomic E-state index is 13.2. The van der Waals surface area contributed by atoms with E-state index in [1.807, 2.05) is 47.8 Å². The van der Waals surface area contributed by atoms with Crippen LogP contribution in [0.4, 0.5) is 0 Å². The van der Waals surface area contributed by atoms with Crippen LogP contribution in [-0.4, -0.2) is 29.3 Å². The Balaban J connectivity index is 1.26. The molecule has 0 atom stereocenters. The third kappa shape index (κ3) is 4.53. The minimum Gasteiger partial charge on any atom is -0.497 e. The Labute approximate surface area is 220 Å². The zero-order chi connectivity index (χ0) is 24.7. The number of carbonyl (C=O) groups is 1. The summed E-state index contributed by atoms with van der Waals surface area (Å²) in [5, 5.41) is 16.2. The van der Waals surface area contributed by atoms with Gasteiger partial charge in [0.15, 0.2) is 0 Å². The molecule has 4 aliphatic carbocycles. The van der Waals surface area contributed by atoms with Crippen LogP contribution in [-0.2, 0) is 4.79 Å². The first-order chi connectivity index (χ1) is 17.5. The van der Waals surface area contributed by atoms with Crippen LogP contribution in [0.25, 0.3) is 21.7 Å². The summed E-state index contributed by atoms with van der Waals surface area (Å²) in [6.45, 7) is 0. The summed E-state index contributed by atoms with van der Waals surface area (Å²) in [6, 6.07) is 16.1. The third-order valence-corrected chi connectivity index (χ3v) is 9.93. The van der Waals surface area contributed by atoms with Crippen LogP contribution in [0.5, 0.6) is 5.75 Å². The number of aromatic nitrogens is 1. The second kappa shape index (κ2) is 9.57. The number of nitriles is 1. The number of nitrogens with zero attached hydrogens (tertiary/aromatic N) is 2. The van der Waals surface area contributed by atoms with Gasteiger partial charge in [-0.3, -0.25) is 4.79 Å². The lowest BCUT2D eigenvalue weighted by atomic mass is 9.53. The van der Waals surface area contributed by atoms with Gasteiger partial charge in [-0.05, 0) is 98.1 Å². The van der Waals surface area contributed by atoms with Crippen LogP contribution in [0.15, 0.2) is 52.9 Å². The Kier molecular flexibility index (Phi) is 6.27. The quantitative estimate of drug-likeness (QED) is 0.362. The van der Waals surface area contributed by atoms with Gasteiger partial charge < -0.3 is 10.1 Å². The number of amides is 1. The summed E-state index contributed by atoms with van der Waals surface area (Å²) in [5.41, 5.74) is 3.10. The second-order valence-corrected chi connectivity index (χ2v) is 12.5. The highest BCUT2D eigenvalue weighted by atomic mass is 32.2. The smallest absolute Gasteiger partial charge is 0.230 e. The molecule has 2 heterocycles. The zero-order valence-corrected chi connectivity index (χ0v) is 22.0. The number of thiophene rings is 1. The fourth-order valence-corrected chi connectivity index (χ4v) is 8.55. The van der Waals surface area contributed by atoms with E-state index in [9.17, 15) is 10.1 Å². The zero-order valence-electron chi connectivity index (χ0n) is 20.3. The number of methoxy groups -OCH3 is 1. The van der Waals surface area contributed by atoms with Crippen molar-refractivity contribution in [2.24, 2.45) is 17.8 Å². The number of rotatable bonds is 7. The molecule has 1 amide bonds. The topological polar surface area (TPSA) is 75.0 Å². The van der Waals surface area contributed by atoms with Crippen molar-refractivity contribution >= 4 is 29.0 Å². The molecule has 4 saturated carbocycles. The fourth-order valence-electron chi connectivity index (χ4n) is 7.00. The lowest BCUT2D eigenvalue weighted by molar-refractivity contribution is -0.124. The molecular formula is C29H29N3O2S2. The summed E-state index contributed by atoms with van der Waals surface area (Å²) in [6.07, 6.45) is 7.45. The number of benzene rings is 1. The van der Waals surface area contributed by atoms with E-state index < -0.39 is 0 Å². The first-order valence-electron chi connectivity index (χ1n) is 12.6. The maximum absolute atomic E-state index is 13.2. The molecule has 0 aliphatic heterocycles. The summed E-state index contributed by atoms with van der Waals surface area (Å²) in [7, 11) is 1.65. The van der Waals surface area contributed by atoms with Crippen molar-refractivity contribution in [1.82, 2.24) is 10.3 Å².